The van der Waals surface area contributed by atoms with Crippen molar-refractivity contribution in [3.05, 3.63) is 39.9 Å². The van der Waals surface area contributed by atoms with Crippen molar-refractivity contribution in [2.24, 2.45) is 0 Å². The predicted molar refractivity (Wildman–Crippen MR) is 62.5 cm³/mol. The summed E-state index contributed by atoms with van der Waals surface area (Å²) in [7, 11) is 0. The number of non-ortho nitro benzene ring substituents is 1. The van der Waals surface area contributed by atoms with Crippen LogP contribution in [-0.2, 0) is 9.53 Å². The fourth-order valence-corrected chi connectivity index (χ4v) is 1.44. The number of hydrogen-bond donors (Lipinski definition) is 0. The van der Waals surface area contributed by atoms with E-state index in [1.807, 2.05) is 6.92 Å². The number of esters is 1. The molecule has 0 aliphatic carbocycles. The normalized spacial score (nSPS) is 11.9. The van der Waals surface area contributed by atoms with Gasteiger partial charge in [-0.05, 0) is 24.1 Å². The summed E-state index contributed by atoms with van der Waals surface area (Å²) in [5, 5.41) is 10.5. The van der Waals surface area contributed by atoms with Gasteiger partial charge in [0.2, 0.25) is 0 Å². The first kappa shape index (κ1) is 13.2. The monoisotopic (exact) mass is 237 g/mol. The second kappa shape index (κ2) is 5.98. The quantitative estimate of drug-likeness (QED) is 0.448. The fraction of sp³-hybridized carbons (Fsp3) is 0.417. The van der Waals surface area contributed by atoms with Gasteiger partial charge in [-0.25, -0.2) is 0 Å². The highest BCUT2D eigenvalue weighted by atomic mass is 16.6. The molecule has 1 rings (SSSR count). The van der Waals surface area contributed by atoms with Gasteiger partial charge < -0.3 is 4.74 Å². The molecule has 1 aromatic rings. The number of nitro groups is 1. The van der Waals surface area contributed by atoms with E-state index in [4.69, 9.17) is 4.74 Å². The molecule has 0 spiro atoms. The summed E-state index contributed by atoms with van der Waals surface area (Å²) >= 11 is 0. The predicted octanol–water partition coefficient (Wildman–Crippen LogP) is 3.00. The molecule has 92 valence electrons. The van der Waals surface area contributed by atoms with Crippen LogP contribution in [0.4, 0.5) is 5.69 Å². The third-order valence-electron chi connectivity index (χ3n) is 2.41. The first-order chi connectivity index (χ1) is 8.08. The zero-order valence-corrected chi connectivity index (χ0v) is 9.88. The molecule has 0 saturated heterocycles. The summed E-state index contributed by atoms with van der Waals surface area (Å²) in [6.07, 6.45) is 0.635. The lowest BCUT2D eigenvalue weighted by Crippen LogP contribution is -2.09. The van der Waals surface area contributed by atoms with E-state index in [9.17, 15) is 14.9 Å². The Labute approximate surface area is 99.5 Å². The van der Waals surface area contributed by atoms with Gasteiger partial charge in [0, 0.05) is 18.6 Å². The topological polar surface area (TPSA) is 69.4 Å². The van der Waals surface area contributed by atoms with Crippen molar-refractivity contribution < 1.29 is 14.5 Å². The zero-order chi connectivity index (χ0) is 12.8. The Bertz CT molecular complexity index is 399. The maximum absolute atomic E-state index is 11.2. The molecule has 1 atom stereocenters. The minimum atomic E-state index is -0.456. The number of rotatable bonds is 5. The summed E-state index contributed by atoms with van der Waals surface area (Å²) in [5.74, 6) is -0.268. The largest absolute Gasteiger partial charge is 0.457 e. The summed E-state index contributed by atoms with van der Waals surface area (Å²) in [4.78, 5) is 21.2. The lowest BCUT2D eigenvalue weighted by molar-refractivity contribution is -0.384. The van der Waals surface area contributed by atoms with Crippen LogP contribution in [0.2, 0.25) is 0 Å². The Morgan fingerprint density at radius 3 is 2.35 bits per heavy atom. The molecule has 17 heavy (non-hydrogen) atoms. The highest BCUT2D eigenvalue weighted by Crippen LogP contribution is 2.23. The van der Waals surface area contributed by atoms with Crippen molar-refractivity contribution in [2.75, 3.05) is 0 Å². The van der Waals surface area contributed by atoms with Gasteiger partial charge in [-0.3, -0.25) is 14.9 Å². The van der Waals surface area contributed by atoms with Crippen molar-refractivity contribution in [2.45, 2.75) is 32.8 Å². The van der Waals surface area contributed by atoms with Gasteiger partial charge in [-0.15, -0.1) is 0 Å². The van der Waals surface area contributed by atoms with Crippen molar-refractivity contribution >= 4 is 11.7 Å². The first-order valence-corrected chi connectivity index (χ1v) is 5.52. The molecule has 0 radical (unpaired) electrons. The van der Waals surface area contributed by atoms with E-state index >= 15 is 0 Å². The lowest BCUT2D eigenvalue weighted by atomic mass is 10.1. The molecular weight excluding hydrogens is 222 g/mol. The van der Waals surface area contributed by atoms with Crippen LogP contribution in [0.15, 0.2) is 24.3 Å². The molecule has 1 aromatic carbocycles. The number of benzene rings is 1. The molecule has 5 heteroatoms. The van der Waals surface area contributed by atoms with Crippen LogP contribution in [0.25, 0.3) is 0 Å². The van der Waals surface area contributed by atoms with E-state index in [1.54, 1.807) is 19.1 Å². The van der Waals surface area contributed by atoms with E-state index in [0.29, 0.717) is 12.8 Å². The van der Waals surface area contributed by atoms with E-state index in [-0.39, 0.29) is 17.8 Å². The van der Waals surface area contributed by atoms with Crippen LogP contribution in [0.5, 0.6) is 0 Å². The third-order valence-corrected chi connectivity index (χ3v) is 2.41. The highest BCUT2D eigenvalue weighted by molar-refractivity contribution is 5.69. The third kappa shape index (κ3) is 3.55. The van der Waals surface area contributed by atoms with Gasteiger partial charge in [0.15, 0.2) is 0 Å². The van der Waals surface area contributed by atoms with Gasteiger partial charge in [0.05, 0.1) is 4.92 Å². The number of carbonyl (C=O) groups is 1. The van der Waals surface area contributed by atoms with Crippen molar-refractivity contribution in [1.82, 2.24) is 0 Å². The number of nitro benzene ring substituents is 1. The van der Waals surface area contributed by atoms with E-state index in [0.717, 1.165) is 5.56 Å². The van der Waals surface area contributed by atoms with Crippen LogP contribution in [0, 0.1) is 10.1 Å². The summed E-state index contributed by atoms with van der Waals surface area (Å²) in [6.45, 7) is 3.62. The number of carbonyl (C=O) groups excluding carboxylic acids is 1. The second-order valence-corrected chi connectivity index (χ2v) is 3.59. The molecule has 0 aromatic heterocycles. The molecule has 0 bridgehead atoms. The maximum atomic E-state index is 11.2. The number of ether oxygens (including phenoxy) is 1. The SMILES string of the molecule is CCC(=O)OC(CC)c1ccc([N+](=O)[O-])cc1. The Morgan fingerprint density at radius 1 is 1.35 bits per heavy atom. The van der Waals surface area contributed by atoms with E-state index in [2.05, 4.69) is 0 Å². The van der Waals surface area contributed by atoms with Crippen LogP contribution in [-0.4, -0.2) is 10.9 Å². The Balaban J connectivity index is 2.82. The summed E-state index contributed by atoms with van der Waals surface area (Å²) in [5.41, 5.74) is 0.810. The van der Waals surface area contributed by atoms with Crippen LogP contribution in [0.1, 0.15) is 38.4 Å². The molecule has 0 aliphatic rings. The Hall–Kier alpha value is -1.91. The Morgan fingerprint density at radius 2 is 1.94 bits per heavy atom. The standard InChI is InChI=1S/C12H15NO4/c1-3-11(17-12(14)4-2)9-5-7-10(8-6-9)13(15)16/h5-8,11H,3-4H2,1-2H3. The average molecular weight is 237 g/mol. The van der Waals surface area contributed by atoms with E-state index < -0.39 is 4.92 Å². The van der Waals surface area contributed by atoms with Gasteiger partial charge in [0.25, 0.3) is 5.69 Å². The minimum absolute atomic E-state index is 0.0328. The molecule has 0 aliphatic heterocycles. The van der Waals surface area contributed by atoms with Gasteiger partial charge in [-0.1, -0.05) is 13.8 Å². The fourth-order valence-electron chi connectivity index (χ4n) is 1.44. The summed E-state index contributed by atoms with van der Waals surface area (Å²) in [6, 6.07) is 6.07. The first-order valence-electron chi connectivity index (χ1n) is 5.52. The second-order valence-electron chi connectivity index (χ2n) is 3.59. The molecular formula is C12H15NO4. The van der Waals surface area contributed by atoms with Crippen LogP contribution >= 0.6 is 0 Å². The van der Waals surface area contributed by atoms with Crippen LogP contribution in [0.3, 0.4) is 0 Å². The Kier molecular flexibility index (Phi) is 4.63. The molecule has 5 nitrogen and oxygen atoms in total. The van der Waals surface area contributed by atoms with Gasteiger partial charge >= 0.3 is 5.97 Å². The molecule has 0 amide bonds. The molecule has 0 N–H and O–H groups in total. The molecule has 0 heterocycles. The number of hydrogen-bond acceptors (Lipinski definition) is 4. The van der Waals surface area contributed by atoms with Gasteiger partial charge in [0.1, 0.15) is 6.10 Å². The summed E-state index contributed by atoms with van der Waals surface area (Å²) < 4.78 is 5.23. The maximum Gasteiger partial charge on any atom is 0.306 e. The van der Waals surface area contributed by atoms with Crippen LogP contribution < -0.4 is 0 Å². The molecule has 0 saturated carbocycles. The van der Waals surface area contributed by atoms with Gasteiger partial charge in [-0.2, -0.15) is 0 Å². The average Bonchev–Trinajstić information content (AvgIpc) is 2.35. The minimum Gasteiger partial charge on any atom is -0.457 e. The lowest BCUT2D eigenvalue weighted by Gasteiger charge is -2.15. The zero-order valence-electron chi connectivity index (χ0n) is 9.88. The van der Waals surface area contributed by atoms with E-state index in [1.165, 1.54) is 12.1 Å². The smallest absolute Gasteiger partial charge is 0.306 e. The van der Waals surface area contributed by atoms with Crippen molar-refractivity contribution in [1.29, 1.82) is 0 Å². The highest BCUT2D eigenvalue weighted by Gasteiger charge is 2.15. The molecule has 1 unspecified atom stereocenters. The number of nitrogens with zero attached hydrogens (tertiary/aromatic N) is 1. The van der Waals surface area contributed by atoms with Crippen molar-refractivity contribution in [3.63, 3.8) is 0 Å². The molecule has 0 fully saturated rings. The van der Waals surface area contributed by atoms with Crippen molar-refractivity contribution in [3.8, 4) is 0 Å².